The van der Waals surface area contributed by atoms with Gasteiger partial charge in [-0.2, -0.15) is 0 Å². The maximum atomic E-state index is 13.1. The lowest BCUT2D eigenvalue weighted by atomic mass is 10.0. The van der Waals surface area contributed by atoms with Gasteiger partial charge in [-0.3, -0.25) is 14.9 Å². The van der Waals surface area contributed by atoms with Gasteiger partial charge in [0.15, 0.2) is 8.32 Å². The minimum Gasteiger partial charge on any atom is -0.506 e. The summed E-state index contributed by atoms with van der Waals surface area (Å²) in [4.78, 5) is 47.6. The van der Waals surface area contributed by atoms with Gasteiger partial charge < -0.3 is 39.5 Å². The smallest absolute Gasteiger partial charge is 0.412 e. The van der Waals surface area contributed by atoms with E-state index >= 15 is 0 Å². The molecule has 5 aromatic rings. The van der Waals surface area contributed by atoms with Gasteiger partial charge >= 0.3 is 6.09 Å². The monoisotopic (exact) mass is 874 g/mol. The topological polar surface area (TPSA) is 167 Å². The van der Waals surface area contributed by atoms with E-state index in [9.17, 15) is 19.5 Å². The minimum absolute atomic E-state index is 0.00772. The number of hydrogen-bond acceptors (Lipinski definition) is 11. The summed E-state index contributed by atoms with van der Waals surface area (Å²) in [6, 6.07) is 19.8. The molecular formula is C44H55ClN6O7SSi. The van der Waals surface area contributed by atoms with Gasteiger partial charge in [0.05, 0.1) is 34.4 Å². The summed E-state index contributed by atoms with van der Waals surface area (Å²) in [6.45, 7) is 15.6. The second-order valence-corrected chi connectivity index (χ2v) is 22.9. The summed E-state index contributed by atoms with van der Waals surface area (Å²) in [5.74, 6) is 0.376. The summed E-state index contributed by atoms with van der Waals surface area (Å²) in [7, 11) is -0.703. The Kier molecular flexibility index (Phi) is 14.4. The lowest BCUT2D eigenvalue weighted by molar-refractivity contribution is -0.116. The molecule has 5 N–H and O–H groups in total. The molecule has 0 spiro atoms. The highest BCUT2D eigenvalue weighted by Crippen LogP contribution is 2.41. The number of nitrogens with one attached hydrogen (secondary N) is 4. The number of fused-ring (bicyclic) bond motifs is 1. The van der Waals surface area contributed by atoms with E-state index in [2.05, 4.69) is 64.7 Å². The van der Waals surface area contributed by atoms with E-state index in [1.165, 1.54) is 17.4 Å². The molecule has 0 unspecified atom stereocenters. The predicted octanol–water partition coefficient (Wildman–Crippen LogP) is 9.22. The van der Waals surface area contributed by atoms with Gasteiger partial charge in [0.2, 0.25) is 11.5 Å². The number of phenolic OH excluding ortho intramolecular Hbond substituents is 1. The normalized spacial score (nSPS) is 14.5. The van der Waals surface area contributed by atoms with E-state index in [1.54, 1.807) is 31.4 Å². The number of carbonyl (C=O) groups is 2. The largest absolute Gasteiger partial charge is 0.506 e. The van der Waals surface area contributed by atoms with Crippen LogP contribution >= 0.6 is 22.9 Å². The highest BCUT2D eigenvalue weighted by Gasteiger charge is 2.40. The number of piperidine rings is 1. The molecule has 0 saturated carbocycles. The van der Waals surface area contributed by atoms with Crippen LogP contribution in [0.25, 0.3) is 22.2 Å². The Bertz CT molecular complexity index is 2360. The minimum atomic E-state index is -2.28. The molecular weight excluding hydrogens is 820 g/mol. The van der Waals surface area contributed by atoms with Crippen LogP contribution in [0.5, 0.6) is 11.5 Å². The van der Waals surface area contributed by atoms with Crippen LogP contribution in [0.1, 0.15) is 62.3 Å². The molecule has 1 saturated heterocycles. The molecule has 6 rings (SSSR count). The number of ether oxygens (including phenoxy) is 2. The third-order valence-corrected chi connectivity index (χ3v) is 16.9. The lowest BCUT2D eigenvalue weighted by Crippen LogP contribution is -2.43. The number of rotatable bonds is 15. The molecule has 1 atom stereocenters. The number of phenols is 1. The molecule has 1 aliphatic heterocycles. The molecule has 320 valence electrons. The van der Waals surface area contributed by atoms with Crippen molar-refractivity contribution in [3.8, 4) is 22.8 Å². The van der Waals surface area contributed by atoms with Crippen molar-refractivity contribution < 1.29 is 28.6 Å². The quantitative estimate of drug-likeness (QED) is 0.0640. The molecule has 16 heteroatoms. The molecule has 2 aromatic heterocycles. The van der Waals surface area contributed by atoms with Gasteiger partial charge in [-0.05, 0) is 61.7 Å². The summed E-state index contributed by atoms with van der Waals surface area (Å²) in [5, 5.41) is 22.4. The molecule has 1 aliphatic rings. The maximum absolute atomic E-state index is 13.1. The van der Waals surface area contributed by atoms with Gasteiger partial charge in [0, 0.05) is 67.8 Å². The van der Waals surface area contributed by atoms with Crippen molar-refractivity contribution in [3.05, 3.63) is 98.2 Å². The summed E-state index contributed by atoms with van der Waals surface area (Å²) < 4.78 is 18.5. The van der Waals surface area contributed by atoms with E-state index < -0.39 is 20.5 Å². The maximum Gasteiger partial charge on any atom is 0.412 e. The number of aryl methyl sites for hydroxylation is 1. The first-order valence-electron chi connectivity index (χ1n) is 20.1. The van der Waals surface area contributed by atoms with Gasteiger partial charge in [-0.1, -0.05) is 68.8 Å². The van der Waals surface area contributed by atoms with Crippen LogP contribution in [0.3, 0.4) is 0 Å². The van der Waals surface area contributed by atoms with Crippen LogP contribution < -0.4 is 26.2 Å². The zero-order valence-corrected chi connectivity index (χ0v) is 37.8. The highest BCUT2D eigenvalue weighted by atomic mass is 35.5. The summed E-state index contributed by atoms with van der Waals surface area (Å²) in [5.41, 5.74) is 3.82. The standard InChI is InChI=1S/C44H55ClN6O7SSi/c1-27-47-40(28-11-9-8-10-12-28)42(59-27)50-43(55)57-30-17-20-51(21-18-30)22-19-39(54)48-34-24-36(56-5)29(23-33(34)45)25-46-26-37(58-60(6,7)44(2,3)4)31-13-15-35(52)41-32(31)14-16-38(53)49-41/h8-16,23-24,30,37,46,52H,17-22,25-26H2,1-7H3,(H,48,54)(H,49,53)(H,50,55)/t37-/m0/s1. The molecule has 1 fully saturated rings. The number of carbonyl (C=O) groups excluding carboxylic acids is 2. The Morgan fingerprint density at radius 2 is 1.80 bits per heavy atom. The van der Waals surface area contributed by atoms with E-state index in [0.29, 0.717) is 77.9 Å². The van der Waals surface area contributed by atoms with E-state index in [0.717, 1.165) is 27.4 Å². The van der Waals surface area contributed by atoms with E-state index in [1.807, 2.05) is 43.3 Å². The van der Waals surface area contributed by atoms with E-state index in [4.69, 9.17) is 25.5 Å². The fraction of sp³-hybridized carbons (Fsp3) is 0.409. The molecule has 2 amide bonds. The van der Waals surface area contributed by atoms with Crippen molar-refractivity contribution in [2.24, 2.45) is 0 Å². The number of hydrogen-bond donors (Lipinski definition) is 5. The van der Waals surface area contributed by atoms with Crippen LogP contribution in [0.2, 0.25) is 23.2 Å². The third-order valence-electron chi connectivity index (χ3n) is 11.2. The zero-order chi connectivity index (χ0) is 43.2. The van der Waals surface area contributed by atoms with Gasteiger partial charge in [0.1, 0.15) is 28.3 Å². The molecule has 0 bridgehead atoms. The molecule has 60 heavy (non-hydrogen) atoms. The number of likely N-dealkylation sites (tertiary alicyclic amines) is 1. The van der Waals surface area contributed by atoms with Crippen molar-refractivity contribution in [2.45, 2.75) is 83.8 Å². The second kappa shape index (κ2) is 19.3. The van der Waals surface area contributed by atoms with Crippen LogP contribution in [0.4, 0.5) is 15.5 Å². The number of amides is 2. The lowest BCUT2D eigenvalue weighted by Gasteiger charge is -2.39. The first kappa shape index (κ1) is 44.8. The molecule has 13 nitrogen and oxygen atoms in total. The second-order valence-electron chi connectivity index (χ2n) is 16.6. The van der Waals surface area contributed by atoms with Crippen LogP contribution in [0.15, 0.2) is 71.5 Å². The Balaban J connectivity index is 1.01. The van der Waals surface area contributed by atoms with Crippen molar-refractivity contribution in [1.82, 2.24) is 20.2 Å². The molecule has 0 radical (unpaired) electrons. The van der Waals surface area contributed by atoms with Gasteiger partial charge in [-0.25, -0.2) is 9.78 Å². The number of aromatic nitrogens is 2. The number of methoxy groups -OCH3 is 1. The number of halogens is 1. The highest BCUT2D eigenvalue weighted by molar-refractivity contribution is 7.16. The Hall–Kier alpha value is -4.77. The van der Waals surface area contributed by atoms with Crippen molar-refractivity contribution in [1.29, 1.82) is 0 Å². The van der Waals surface area contributed by atoms with Gasteiger partial charge in [-0.15, -0.1) is 11.3 Å². The zero-order valence-electron chi connectivity index (χ0n) is 35.2. The van der Waals surface area contributed by atoms with E-state index in [-0.39, 0.29) is 34.8 Å². The first-order valence-corrected chi connectivity index (χ1v) is 24.2. The summed E-state index contributed by atoms with van der Waals surface area (Å²) >= 11 is 8.15. The number of anilines is 2. The summed E-state index contributed by atoms with van der Waals surface area (Å²) in [6.07, 6.45) is 0.469. The van der Waals surface area contributed by atoms with Crippen LogP contribution in [-0.2, 0) is 20.5 Å². The number of aromatic hydroxyl groups is 1. The number of nitrogens with zero attached hydrogens (tertiary/aromatic N) is 2. The number of H-pyrrole nitrogens is 1. The number of pyridine rings is 1. The van der Waals surface area contributed by atoms with Crippen molar-refractivity contribution in [3.63, 3.8) is 0 Å². The Morgan fingerprint density at radius 3 is 2.50 bits per heavy atom. The van der Waals surface area contributed by atoms with Crippen molar-refractivity contribution >= 4 is 64.8 Å². The first-order chi connectivity index (χ1) is 28.5. The fourth-order valence-electron chi connectivity index (χ4n) is 6.94. The molecule has 0 aliphatic carbocycles. The number of thiazole rings is 1. The van der Waals surface area contributed by atoms with Crippen LogP contribution in [-0.4, -0.2) is 79.7 Å². The number of aromatic amines is 1. The Labute approximate surface area is 360 Å². The fourth-order valence-corrected chi connectivity index (χ4v) is 9.28. The average Bonchev–Trinajstić information content (AvgIpc) is 3.57. The molecule has 3 aromatic carbocycles. The van der Waals surface area contributed by atoms with Crippen LogP contribution in [0, 0.1) is 6.92 Å². The number of benzene rings is 3. The van der Waals surface area contributed by atoms with Gasteiger partial charge in [0.25, 0.3) is 0 Å². The Morgan fingerprint density at radius 1 is 1.07 bits per heavy atom. The predicted molar refractivity (Wildman–Crippen MR) is 242 cm³/mol. The third kappa shape index (κ3) is 11.1. The SMILES string of the molecule is COc1cc(NC(=O)CCN2CCC(OC(=O)Nc3sc(C)nc3-c3ccccc3)CC2)c(Cl)cc1CNC[C@H](O[Si](C)(C)C(C)(C)C)c1ccc(O)c2[nH]c(=O)ccc12. The van der Waals surface area contributed by atoms with Crippen molar-refractivity contribution in [2.75, 3.05) is 43.9 Å². The molecule has 3 heterocycles. The average molecular weight is 876 g/mol.